The molecule has 0 aliphatic rings. The highest BCUT2D eigenvalue weighted by Crippen LogP contribution is 2.26. The number of rotatable bonds is 3. The molecule has 0 aliphatic heterocycles. The lowest BCUT2D eigenvalue weighted by Gasteiger charge is -2.00. The molecule has 0 atom stereocenters. The molecular formula is C13H11FOS. The van der Waals surface area contributed by atoms with Crippen LogP contribution in [-0.2, 0) is 0 Å². The fourth-order valence-electron chi connectivity index (χ4n) is 1.43. The van der Waals surface area contributed by atoms with E-state index in [9.17, 15) is 4.39 Å². The van der Waals surface area contributed by atoms with Gasteiger partial charge in [-0.1, -0.05) is 30.3 Å². The van der Waals surface area contributed by atoms with Crippen LogP contribution in [0, 0.1) is 0 Å². The van der Waals surface area contributed by atoms with E-state index < -0.39 is 0 Å². The van der Waals surface area contributed by atoms with Gasteiger partial charge in [0.1, 0.15) is 5.83 Å². The molecule has 1 nitrogen and oxygen atoms in total. The van der Waals surface area contributed by atoms with E-state index in [2.05, 4.69) is 0 Å². The number of aliphatic hydroxyl groups excluding tert-OH is 1. The summed E-state index contributed by atoms with van der Waals surface area (Å²) < 4.78 is 13.3. The molecule has 0 saturated heterocycles. The van der Waals surface area contributed by atoms with E-state index in [0.717, 1.165) is 16.5 Å². The molecule has 16 heavy (non-hydrogen) atoms. The van der Waals surface area contributed by atoms with Crippen LogP contribution >= 0.6 is 11.3 Å². The second-order valence-electron chi connectivity index (χ2n) is 3.29. The first kappa shape index (κ1) is 11.0. The molecular weight excluding hydrogens is 223 g/mol. The maximum Gasteiger partial charge on any atom is 0.128 e. The van der Waals surface area contributed by atoms with Gasteiger partial charge in [0.05, 0.1) is 6.61 Å². The summed E-state index contributed by atoms with van der Waals surface area (Å²) in [5.74, 6) is -0.389. The summed E-state index contributed by atoms with van der Waals surface area (Å²) in [6, 6.07) is 11.2. The molecule has 3 heteroatoms. The molecule has 0 unspecified atom stereocenters. The monoisotopic (exact) mass is 234 g/mol. The summed E-state index contributed by atoms with van der Waals surface area (Å²) in [5, 5.41) is 10.6. The summed E-state index contributed by atoms with van der Waals surface area (Å²) in [6.45, 7) is -0.279. The molecule has 0 aliphatic carbocycles. The molecule has 0 bridgehead atoms. The predicted molar refractivity (Wildman–Crippen MR) is 65.9 cm³/mol. The van der Waals surface area contributed by atoms with Crippen molar-refractivity contribution in [3.05, 3.63) is 53.4 Å². The van der Waals surface area contributed by atoms with Crippen LogP contribution in [0.5, 0.6) is 0 Å². The Bertz CT molecular complexity index is 471. The summed E-state index contributed by atoms with van der Waals surface area (Å²) in [6.07, 6.45) is 1.15. The van der Waals surface area contributed by atoms with Gasteiger partial charge in [0.15, 0.2) is 0 Å². The largest absolute Gasteiger partial charge is 0.392 e. The average Bonchev–Trinajstić information content (AvgIpc) is 2.83. The minimum Gasteiger partial charge on any atom is -0.392 e. The second-order valence-corrected chi connectivity index (χ2v) is 4.24. The van der Waals surface area contributed by atoms with Crippen molar-refractivity contribution in [1.29, 1.82) is 0 Å². The van der Waals surface area contributed by atoms with Crippen molar-refractivity contribution < 1.29 is 9.50 Å². The quantitative estimate of drug-likeness (QED) is 0.858. The summed E-state index contributed by atoms with van der Waals surface area (Å²) in [5.41, 5.74) is 1.57. The normalized spacial score (nSPS) is 11.8. The SMILES string of the molecule is OCC=C(F)c1ccc(-c2cccs2)cc1. The molecule has 2 rings (SSSR count). The van der Waals surface area contributed by atoms with Crippen LogP contribution in [-0.4, -0.2) is 11.7 Å². The fraction of sp³-hybridized carbons (Fsp3) is 0.0769. The molecule has 0 spiro atoms. The van der Waals surface area contributed by atoms with Gasteiger partial charge < -0.3 is 5.11 Å². The minimum atomic E-state index is -0.389. The molecule has 82 valence electrons. The van der Waals surface area contributed by atoms with Gasteiger partial charge in [-0.15, -0.1) is 11.3 Å². The van der Waals surface area contributed by atoms with Gasteiger partial charge in [-0.25, -0.2) is 4.39 Å². The number of aliphatic hydroxyl groups is 1. The van der Waals surface area contributed by atoms with Gasteiger partial charge in [0.25, 0.3) is 0 Å². The summed E-state index contributed by atoms with van der Waals surface area (Å²) in [7, 11) is 0. The molecule has 0 amide bonds. The molecule has 1 aromatic heterocycles. The lowest BCUT2D eigenvalue weighted by Crippen LogP contribution is -1.81. The second kappa shape index (κ2) is 5.05. The molecule has 0 fully saturated rings. The standard InChI is InChI=1S/C13H11FOS/c14-12(7-8-15)10-3-5-11(6-4-10)13-2-1-9-16-13/h1-7,9,15H,8H2. The van der Waals surface area contributed by atoms with Gasteiger partial charge >= 0.3 is 0 Å². The van der Waals surface area contributed by atoms with E-state index in [4.69, 9.17) is 5.11 Å². The highest BCUT2D eigenvalue weighted by molar-refractivity contribution is 7.13. The van der Waals surface area contributed by atoms with Crippen LogP contribution < -0.4 is 0 Å². The molecule has 1 aromatic carbocycles. The smallest absolute Gasteiger partial charge is 0.128 e. The highest BCUT2D eigenvalue weighted by Gasteiger charge is 2.01. The third-order valence-corrected chi connectivity index (χ3v) is 3.16. The number of hydrogen-bond donors (Lipinski definition) is 1. The lowest BCUT2D eigenvalue weighted by molar-refractivity contribution is 0.342. The maximum absolute atomic E-state index is 13.3. The van der Waals surface area contributed by atoms with Crippen LogP contribution in [0.25, 0.3) is 16.3 Å². The Balaban J connectivity index is 2.26. The van der Waals surface area contributed by atoms with Crippen molar-refractivity contribution >= 4 is 17.2 Å². The van der Waals surface area contributed by atoms with Crippen molar-refractivity contribution in [1.82, 2.24) is 0 Å². The van der Waals surface area contributed by atoms with E-state index in [1.54, 1.807) is 23.5 Å². The van der Waals surface area contributed by atoms with E-state index in [1.165, 1.54) is 0 Å². The van der Waals surface area contributed by atoms with E-state index in [-0.39, 0.29) is 12.4 Å². The first-order valence-electron chi connectivity index (χ1n) is 4.92. The zero-order chi connectivity index (χ0) is 11.4. The van der Waals surface area contributed by atoms with E-state index in [1.807, 2.05) is 29.6 Å². The van der Waals surface area contributed by atoms with Gasteiger partial charge in [0, 0.05) is 10.4 Å². The van der Waals surface area contributed by atoms with Crippen LogP contribution in [0.3, 0.4) is 0 Å². The van der Waals surface area contributed by atoms with Crippen molar-refractivity contribution in [2.24, 2.45) is 0 Å². The average molecular weight is 234 g/mol. The van der Waals surface area contributed by atoms with Crippen LogP contribution in [0.4, 0.5) is 4.39 Å². The van der Waals surface area contributed by atoms with Gasteiger partial charge in [-0.2, -0.15) is 0 Å². The Morgan fingerprint density at radius 3 is 2.56 bits per heavy atom. The molecule has 0 radical (unpaired) electrons. The van der Waals surface area contributed by atoms with E-state index in [0.29, 0.717) is 5.56 Å². The predicted octanol–water partition coefficient (Wildman–Crippen LogP) is 3.72. The first-order valence-corrected chi connectivity index (χ1v) is 5.80. The maximum atomic E-state index is 13.3. The number of thiophene rings is 1. The Morgan fingerprint density at radius 2 is 2.00 bits per heavy atom. The Hall–Kier alpha value is -1.45. The number of hydrogen-bond acceptors (Lipinski definition) is 2. The van der Waals surface area contributed by atoms with Crippen molar-refractivity contribution in [2.75, 3.05) is 6.61 Å². The Labute approximate surface area is 97.5 Å². The fourth-order valence-corrected chi connectivity index (χ4v) is 2.17. The minimum absolute atomic E-state index is 0.279. The van der Waals surface area contributed by atoms with Crippen molar-refractivity contribution in [3.8, 4) is 10.4 Å². The van der Waals surface area contributed by atoms with Crippen LogP contribution in [0.1, 0.15) is 5.56 Å². The Morgan fingerprint density at radius 1 is 1.25 bits per heavy atom. The first-order chi connectivity index (χ1) is 7.81. The molecule has 1 heterocycles. The topological polar surface area (TPSA) is 20.2 Å². The number of halogens is 1. The lowest BCUT2D eigenvalue weighted by atomic mass is 10.1. The van der Waals surface area contributed by atoms with E-state index >= 15 is 0 Å². The highest BCUT2D eigenvalue weighted by atomic mass is 32.1. The van der Waals surface area contributed by atoms with Gasteiger partial charge in [-0.05, 0) is 23.1 Å². The van der Waals surface area contributed by atoms with Crippen LogP contribution in [0.2, 0.25) is 0 Å². The molecule has 1 N–H and O–H groups in total. The Kier molecular flexibility index (Phi) is 3.49. The van der Waals surface area contributed by atoms with Crippen LogP contribution in [0.15, 0.2) is 47.9 Å². The third kappa shape index (κ3) is 2.38. The summed E-state index contributed by atoms with van der Waals surface area (Å²) in [4.78, 5) is 1.16. The molecule has 2 aromatic rings. The zero-order valence-electron chi connectivity index (χ0n) is 8.56. The zero-order valence-corrected chi connectivity index (χ0v) is 9.38. The van der Waals surface area contributed by atoms with Gasteiger partial charge in [-0.3, -0.25) is 0 Å². The molecule has 0 saturated carbocycles. The third-order valence-electron chi connectivity index (χ3n) is 2.24. The number of benzene rings is 1. The summed E-state index contributed by atoms with van der Waals surface area (Å²) >= 11 is 1.65. The van der Waals surface area contributed by atoms with Crippen molar-refractivity contribution in [2.45, 2.75) is 0 Å². The van der Waals surface area contributed by atoms with Gasteiger partial charge in [0.2, 0.25) is 0 Å². The van der Waals surface area contributed by atoms with Crippen molar-refractivity contribution in [3.63, 3.8) is 0 Å².